The lowest BCUT2D eigenvalue weighted by Gasteiger charge is -2.15. The first-order valence-corrected chi connectivity index (χ1v) is 6.86. The Morgan fingerprint density at radius 2 is 1.95 bits per heavy atom. The average Bonchev–Trinajstić information content (AvgIpc) is 2.53. The minimum absolute atomic E-state index is 0.202. The Morgan fingerprint density at radius 3 is 2.57 bits per heavy atom. The van der Waals surface area contributed by atoms with Gasteiger partial charge in [-0.2, -0.15) is 0 Å². The average molecular weight is 284 g/mol. The lowest BCUT2D eigenvalue weighted by Crippen LogP contribution is -2.18. The van der Waals surface area contributed by atoms with Gasteiger partial charge in [0.15, 0.2) is 0 Å². The molecule has 2 rings (SSSR count). The van der Waals surface area contributed by atoms with Crippen LogP contribution in [0.25, 0.3) is 0 Å². The molecule has 0 saturated heterocycles. The summed E-state index contributed by atoms with van der Waals surface area (Å²) in [5.74, 6) is 0.445. The summed E-state index contributed by atoms with van der Waals surface area (Å²) >= 11 is 0. The van der Waals surface area contributed by atoms with Crippen LogP contribution in [0, 0.1) is 0 Å². The van der Waals surface area contributed by atoms with Gasteiger partial charge in [-0.3, -0.25) is 4.79 Å². The van der Waals surface area contributed by atoms with E-state index in [1.165, 1.54) is 5.56 Å². The zero-order chi connectivity index (χ0) is 15.2. The lowest BCUT2D eigenvalue weighted by molar-refractivity contribution is 0.1000. The van der Waals surface area contributed by atoms with Crippen molar-refractivity contribution in [3.63, 3.8) is 0 Å². The van der Waals surface area contributed by atoms with E-state index >= 15 is 0 Å². The van der Waals surface area contributed by atoms with E-state index in [1.54, 1.807) is 13.2 Å². The number of hydrogen-bond donors (Lipinski definition) is 2. The quantitative estimate of drug-likeness (QED) is 0.857. The number of primary amides is 1. The van der Waals surface area contributed by atoms with Crippen LogP contribution in [0.2, 0.25) is 0 Å². The molecule has 21 heavy (non-hydrogen) atoms. The maximum Gasteiger partial charge on any atom is 0.248 e. The van der Waals surface area contributed by atoms with E-state index in [1.807, 2.05) is 42.5 Å². The van der Waals surface area contributed by atoms with Crippen molar-refractivity contribution in [3.8, 4) is 5.75 Å². The van der Waals surface area contributed by atoms with Crippen molar-refractivity contribution >= 4 is 5.91 Å². The third kappa shape index (κ3) is 4.07. The SMILES string of the molecule is COc1ccc([C@H](C)NCc2cccc(C(N)=O)c2)cc1. The van der Waals surface area contributed by atoms with E-state index in [-0.39, 0.29) is 6.04 Å². The fourth-order valence-corrected chi connectivity index (χ4v) is 2.12. The van der Waals surface area contributed by atoms with Crippen LogP contribution < -0.4 is 15.8 Å². The Labute approximate surface area is 124 Å². The Morgan fingerprint density at radius 1 is 1.24 bits per heavy atom. The van der Waals surface area contributed by atoms with Gasteiger partial charge in [0.05, 0.1) is 7.11 Å². The number of carbonyl (C=O) groups excluding carboxylic acids is 1. The van der Waals surface area contributed by atoms with Crippen LogP contribution >= 0.6 is 0 Å². The molecule has 1 atom stereocenters. The van der Waals surface area contributed by atoms with E-state index in [0.29, 0.717) is 12.1 Å². The zero-order valence-electron chi connectivity index (χ0n) is 12.3. The van der Waals surface area contributed by atoms with Gasteiger partial charge in [-0.15, -0.1) is 0 Å². The number of methoxy groups -OCH3 is 1. The number of hydrogen-bond acceptors (Lipinski definition) is 3. The molecule has 0 saturated carbocycles. The largest absolute Gasteiger partial charge is 0.497 e. The molecule has 0 heterocycles. The van der Waals surface area contributed by atoms with Gasteiger partial charge in [-0.1, -0.05) is 24.3 Å². The molecule has 1 amide bonds. The number of nitrogens with one attached hydrogen (secondary N) is 1. The molecule has 0 fully saturated rings. The molecule has 0 unspecified atom stereocenters. The lowest BCUT2D eigenvalue weighted by atomic mass is 10.1. The van der Waals surface area contributed by atoms with Gasteiger partial charge in [0.1, 0.15) is 5.75 Å². The molecular weight excluding hydrogens is 264 g/mol. The summed E-state index contributed by atoms with van der Waals surface area (Å²) in [4.78, 5) is 11.2. The predicted molar refractivity (Wildman–Crippen MR) is 83.2 cm³/mol. The molecule has 2 aromatic carbocycles. The molecule has 0 aliphatic rings. The second-order valence-corrected chi connectivity index (χ2v) is 4.94. The molecule has 0 aliphatic carbocycles. The van der Waals surface area contributed by atoms with E-state index in [2.05, 4.69) is 12.2 Å². The monoisotopic (exact) mass is 284 g/mol. The first-order chi connectivity index (χ1) is 10.1. The highest BCUT2D eigenvalue weighted by atomic mass is 16.5. The van der Waals surface area contributed by atoms with Crippen molar-refractivity contribution in [3.05, 3.63) is 65.2 Å². The van der Waals surface area contributed by atoms with Gasteiger partial charge in [-0.05, 0) is 42.3 Å². The summed E-state index contributed by atoms with van der Waals surface area (Å²) in [6.45, 7) is 2.77. The van der Waals surface area contributed by atoms with Gasteiger partial charge in [0.25, 0.3) is 0 Å². The summed E-state index contributed by atoms with van der Waals surface area (Å²) in [6.07, 6.45) is 0. The minimum Gasteiger partial charge on any atom is -0.497 e. The van der Waals surface area contributed by atoms with E-state index in [9.17, 15) is 4.79 Å². The smallest absolute Gasteiger partial charge is 0.248 e. The standard InChI is InChI=1S/C17H20N2O2/c1-12(14-6-8-16(21-2)9-7-14)19-11-13-4-3-5-15(10-13)17(18)20/h3-10,12,19H,11H2,1-2H3,(H2,18,20)/t12-/m0/s1. The summed E-state index contributed by atoms with van der Waals surface area (Å²) in [5, 5.41) is 3.43. The Kier molecular flexibility index (Phi) is 4.95. The van der Waals surface area contributed by atoms with Crippen LogP contribution in [0.15, 0.2) is 48.5 Å². The van der Waals surface area contributed by atoms with Crippen molar-refractivity contribution in [1.82, 2.24) is 5.32 Å². The van der Waals surface area contributed by atoms with Crippen LogP contribution in [-0.4, -0.2) is 13.0 Å². The highest BCUT2D eigenvalue weighted by molar-refractivity contribution is 5.92. The molecule has 3 N–H and O–H groups in total. The van der Waals surface area contributed by atoms with Gasteiger partial charge >= 0.3 is 0 Å². The third-order valence-electron chi connectivity index (χ3n) is 3.44. The number of nitrogens with two attached hydrogens (primary N) is 1. The van der Waals surface area contributed by atoms with Crippen LogP contribution in [0.4, 0.5) is 0 Å². The van der Waals surface area contributed by atoms with Gasteiger partial charge in [0.2, 0.25) is 5.91 Å². The molecule has 0 aliphatic heterocycles. The van der Waals surface area contributed by atoms with Gasteiger partial charge in [0, 0.05) is 18.2 Å². The van der Waals surface area contributed by atoms with Crippen LogP contribution in [-0.2, 0) is 6.54 Å². The zero-order valence-corrected chi connectivity index (χ0v) is 12.3. The van der Waals surface area contributed by atoms with E-state index in [0.717, 1.165) is 11.3 Å². The Hall–Kier alpha value is -2.33. The van der Waals surface area contributed by atoms with Crippen molar-refractivity contribution in [2.45, 2.75) is 19.5 Å². The number of rotatable bonds is 6. The molecule has 0 radical (unpaired) electrons. The fourth-order valence-electron chi connectivity index (χ4n) is 2.12. The molecule has 0 bridgehead atoms. The number of amides is 1. The first-order valence-electron chi connectivity index (χ1n) is 6.86. The Balaban J connectivity index is 1.98. The summed E-state index contributed by atoms with van der Waals surface area (Å²) < 4.78 is 5.15. The highest BCUT2D eigenvalue weighted by Gasteiger charge is 2.06. The molecule has 2 aromatic rings. The van der Waals surface area contributed by atoms with Gasteiger partial charge in [-0.25, -0.2) is 0 Å². The summed E-state index contributed by atoms with van der Waals surface area (Å²) in [7, 11) is 1.66. The maximum absolute atomic E-state index is 11.2. The third-order valence-corrected chi connectivity index (χ3v) is 3.44. The van der Waals surface area contributed by atoms with Crippen molar-refractivity contribution < 1.29 is 9.53 Å². The van der Waals surface area contributed by atoms with E-state index in [4.69, 9.17) is 10.5 Å². The first kappa shape index (κ1) is 15.1. The molecule has 4 nitrogen and oxygen atoms in total. The molecule has 110 valence electrons. The highest BCUT2D eigenvalue weighted by Crippen LogP contribution is 2.17. The van der Waals surface area contributed by atoms with Crippen molar-refractivity contribution in [2.75, 3.05) is 7.11 Å². The molecular formula is C17H20N2O2. The van der Waals surface area contributed by atoms with Gasteiger partial charge < -0.3 is 15.8 Å². The van der Waals surface area contributed by atoms with Crippen LogP contribution in [0.3, 0.4) is 0 Å². The van der Waals surface area contributed by atoms with Crippen LogP contribution in [0.5, 0.6) is 5.75 Å². The number of ether oxygens (including phenoxy) is 1. The summed E-state index contributed by atoms with van der Waals surface area (Å²) in [5.41, 5.74) is 8.04. The normalized spacial score (nSPS) is 11.9. The fraction of sp³-hybridized carbons (Fsp3) is 0.235. The number of carbonyl (C=O) groups is 1. The van der Waals surface area contributed by atoms with Crippen molar-refractivity contribution in [2.24, 2.45) is 5.73 Å². The van der Waals surface area contributed by atoms with Crippen LogP contribution in [0.1, 0.15) is 34.5 Å². The minimum atomic E-state index is -0.403. The molecule has 0 aromatic heterocycles. The maximum atomic E-state index is 11.2. The molecule has 4 heteroatoms. The predicted octanol–water partition coefficient (Wildman–Crippen LogP) is 2.64. The second-order valence-electron chi connectivity index (χ2n) is 4.94. The second kappa shape index (κ2) is 6.90. The topological polar surface area (TPSA) is 64.3 Å². The van der Waals surface area contributed by atoms with Crippen molar-refractivity contribution in [1.29, 1.82) is 0 Å². The van der Waals surface area contributed by atoms with E-state index < -0.39 is 5.91 Å². The Bertz CT molecular complexity index is 608. The molecule has 0 spiro atoms. The number of benzene rings is 2. The summed E-state index contributed by atoms with van der Waals surface area (Å²) in [6, 6.07) is 15.5.